The summed E-state index contributed by atoms with van der Waals surface area (Å²) in [7, 11) is 0. The highest BCUT2D eigenvalue weighted by atomic mass is 32.2. The average Bonchev–Trinajstić information content (AvgIpc) is 3.08. The van der Waals surface area contributed by atoms with Gasteiger partial charge in [-0.15, -0.1) is 0 Å². The molecule has 0 aliphatic carbocycles. The van der Waals surface area contributed by atoms with Gasteiger partial charge in [-0.3, -0.25) is 9.59 Å². The predicted octanol–water partition coefficient (Wildman–Crippen LogP) is 3.94. The van der Waals surface area contributed by atoms with E-state index in [1.54, 1.807) is 6.92 Å². The third-order valence-corrected chi connectivity index (χ3v) is 6.77. The number of thioether (sulfide) groups is 2. The zero-order valence-electron chi connectivity index (χ0n) is 15.5. The van der Waals surface area contributed by atoms with E-state index in [9.17, 15) is 19.5 Å². The molecule has 1 N–H and O–H groups in total. The van der Waals surface area contributed by atoms with Crippen LogP contribution < -0.4 is 0 Å². The van der Waals surface area contributed by atoms with Crippen molar-refractivity contribution in [1.82, 2.24) is 5.01 Å². The maximum absolute atomic E-state index is 12.7. The number of rotatable bonds is 6. The first kappa shape index (κ1) is 20.4. The van der Waals surface area contributed by atoms with E-state index in [-0.39, 0.29) is 18.0 Å². The first-order valence-corrected chi connectivity index (χ1v) is 10.6. The molecule has 6 nitrogen and oxygen atoms in total. The molecule has 2 aromatic carbocycles. The van der Waals surface area contributed by atoms with Gasteiger partial charge in [0.15, 0.2) is 5.12 Å². The number of carbonyl (C=O) groups is 3. The topological polar surface area (TPSA) is 87.0 Å². The Kier molecular flexibility index (Phi) is 6.10. The van der Waals surface area contributed by atoms with Crippen molar-refractivity contribution in [3.8, 4) is 0 Å². The van der Waals surface area contributed by atoms with Gasteiger partial charge in [-0.2, -0.15) is 5.10 Å². The highest BCUT2D eigenvalue weighted by molar-refractivity contribution is 8.16. The fourth-order valence-electron chi connectivity index (χ4n) is 2.99. The zero-order valence-corrected chi connectivity index (χ0v) is 17.2. The summed E-state index contributed by atoms with van der Waals surface area (Å²) in [6, 6.07) is 13.7. The number of carboxylic acid groups (broad SMARTS) is 1. The number of aliphatic carboxylic acids is 1. The van der Waals surface area contributed by atoms with Crippen LogP contribution in [0.25, 0.3) is 10.8 Å². The van der Waals surface area contributed by atoms with Crippen LogP contribution in [0.2, 0.25) is 0 Å². The van der Waals surface area contributed by atoms with Gasteiger partial charge in [-0.05, 0) is 23.3 Å². The Morgan fingerprint density at radius 2 is 1.89 bits per heavy atom. The summed E-state index contributed by atoms with van der Waals surface area (Å²) < 4.78 is 0. The van der Waals surface area contributed by atoms with Crippen LogP contribution in [0.1, 0.15) is 32.3 Å². The van der Waals surface area contributed by atoms with E-state index in [1.807, 2.05) is 42.5 Å². The van der Waals surface area contributed by atoms with E-state index in [2.05, 4.69) is 5.10 Å². The maximum Gasteiger partial charge on any atom is 0.342 e. The smallest absolute Gasteiger partial charge is 0.342 e. The van der Waals surface area contributed by atoms with Gasteiger partial charge in [0.2, 0.25) is 10.8 Å². The molecule has 3 rings (SSSR count). The van der Waals surface area contributed by atoms with Crippen LogP contribution >= 0.6 is 23.5 Å². The Morgan fingerprint density at radius 1 is 1.18 bits per heavy atom. The quantitative estimate of drug-likeness (QED) is 0.768. The number of carbonyl (C=O) groups excluding carboxylic acids is 2. The molecule has 1 heterocycles. The molecule has 1 atom stereocenters. The molecule has 0 fully saturated rings. The Labute approximate surface area is 171 Å². The van der Waals surface area contributed by atoms with Crippen molar-refractivity contribution in [3.05, 3.63) is 48.0 Å². The molecule has 0 radical (unpaired) electrons. The largest absolute Gasteiger partial charge is 0.479 e. The monoisotopic (exact) mass is 416 g/mol. The summed E-state index contributed by atoms with van der Waals surface area (Å²) in [5, 5.41) is 17.9. The van der Waals surface area contributed by atoms with E-state index in [4.69, 9.17) is 0 Å². The van der Waals surface area contributed by atoms with Gasteiger partial charge in [0.25, 0.3) is 0 Å². The first-order valence-electron chi connectivity index (χ1n) is 8.84. The van der Waals surface area contributed by atoms with Crippen LogP contribution in [0.4, 0.5) is 0 Å². The fraction of sp³-hybridized carbons (Fsp3) is 0.300. The summed E-state index contributed by atoms with van der Waals surface area (Å²) in [5.74, 6) is -1.20. The molecule has 2 aromatic rings. The number of nitrogens with zero attached hydrogens (tertiary/aromatic N) is 2. The summed E-state index contributed by atoms with van der Waals surface area (Å²) >= 11 is 2.13. The minimum absolute atomic E-state index is 0.0499. The number of carboxylic acids is 1. The normalized spacial score (nSPS) is 18.9. The van der Waals surface area contributed by atoms with E-state index in [1.165, 1.54) is 6.92 Å². The molecule has 8 heteroatoms. The molecule has 0 aromatic heterocycles. The Hall–Kier alpha value is -2.32. The summed E-state index contributed by atoms with van der Waals surface area (Å²) in [4.78, 5) is 34.4. The lowest BCUT2D eigenvalue weighted by molar-refractivity contribution is -0.152. The van der Waals surface area contributed by atoms with Crippen molar-refractivity contribution in [2.75, 3.05) is 5.75 Å². The van der Waals surface area contributed by atoms with Crippen molar-refractivity contribution in [1.29, 1.82) is 0 Å². The Bertz CT molecular complexity index is 976. The molecule has 0 saturated carbocycles. The molecule has 0 saturated heterocycles. The minimum atomic E-state index is -1.47. The molecule has 146 valence electrons. The van der Waals surface area contributed by atoms with Gasteiger partial charge in [0.1, 0.15) is 5.04 Å². The number of fused-ring (bicyclic) bond motifs is 1. The molecule has 0 spiro atoms. The van der Waals surface area contributed by atoms with E-state index in [0.29, 0.717) is 10.8 Å². The highest BCUT2D eigenvalue weighted by Gasteiger charge is 2.52. The van der Waals surface area contributed by atoms with Crippen molar-refractivity contribution in [2.45, 2.75) is 31.6 Å². The standard InChI is InChI=1S/C20H20N2O4S2/c1-3-20(19(25)26)22(17(24)10-11-27-13(2)23)21-18(28-20)16-9-8-14-6-4-5-7-15(14)12-16/h4-9,12H,3,10-11H2,1-2H3,(H,25,26). The van der Waals surface area contributed by atoms with Gasteiger partial charge >= 0.3 is 5.97 Å². The SMILES string of the molecule is CCC1(C(=O)O)SC(c2ccc3ccccc3c2)=NN1C(=O)CCSC(C)=O. The molecule has 0 bridgehead atoms. The second-order valence-electron chi connectivity index (χ2n) is 6.31. The third kappa shape index (κ3) is 3.93. The third-order valence-electron chi connectivity index (χ3n) is 4.47. The maximum atomic E-state index is 12.7. The first-order chi connectivity index (χ1) is 13.4. The summed E-state index contributed by atoms with van der Waals surface area (Å²) in [6.07, 6.45) is 0.257. The highest BCUT2D eigenvalue weighted by Crippen LogP contribution is 2.43. The van der Waals surface area contributed by atoms with Crippen LogP contribution in [0.5, 0.6) is 0 Å². The van der Waals surface area contributed by atoms with Crippen LogP contribution in [0.15, 0.2) is 47.6 Å². The second kappa shape index (κ2) is 8.36. The predicted molar refractivity (Wildman–Crippen MR) is 113 cm³/mol. The van der Waals surface area contributed by atoms with Crippen LogP contribution in [0, 0.1) is 0 Å². The summed E-state index contributed by atoms with van der Waals surface area (Å²) in [6.45, 7) is 3.16. The molecular weight excluding hydrogens is 396 g/mol. The molecular formula is C20H20N2O4S2. The number of amides is 1. The number of hydrogen-bond donors (Lipinski definition) is 1. The van der Waals surface area contributed by atoms with Gasteiger partial charge < -0.3 is 5.11 Å². The Balaban J connectivity index is 1.94. The Morgan fingerprint density at radius 3 is 2.54 bits per heavy atom. The minimum Gasteiger partial charge on any atom is -0.479 e. The lowest BCUT2D eigenvalue weighted by Gasteiger charge is -2.29. The van der Waals surface area contributed by atoms with Gasteiger partial charge in [-0.1, -0.05) is 66.8 Å². The van der Waals surface area contributed by atoms with Gasteiger partial charge in [0.05, 0.1) is 0 Å². The van der Waals surface area contributed by atoms with Crippen molar-refractivity contribution >= 4 is 56.3 Å². The number of hydrogen-bond acceptors (Lipinski definition) is 6. The fourth-order valence-corrected chi connectivity index (χ4v) is 4.70. The molecule has 1 amide bonds. The van der Waals surface area contributed by atoms with Crippen LogP contribution in [-0.2, 0) is 14.4 Å². The number of benzene rings is 2. The molecule has 28 heavy (non-hydrogen) atoms. The zero-order chi connectivity index (χ0) is 20.3. The average molecular weight is 417 g/mol. The van der Waals surface area contributed by atoms with E-state index in [0.717, 1.165) is 44.9 Å². The van der Waals surface area contributed by atoms with Crippen LogP contribution in [0.3, 0.4) is 0 Å². The molecule has 1 unspecified atom stereocenters. The summed E-state index contributed by atoms with van der Waals surface area (Å²) in [5.41, 5.74) is 0.774. The van der Waals surface area contributed by atoms with Gasteiger partial charge in [0, 0.05) is 24.7 Å². The second-order valence-corrected chi connectivity index (χ2v) is 8.85. The molecule has 1 aliphatic heterocycles. The van der Waals surface area contributed by atoms with Crippen molar-refractivity contribution < 1.29 is 19.5 Å². The van der Waals surface area contributed by atoms with Crippen molar-refractivity contribution in [3.63, 3.8) is 0 Å². The van der Waals surface area contributed by atoms with Crippen molar-refractivity contribution in [2.24, 2.45) is 5.10 Å². The van der Waals surface area contributed by atoms with Crippen LogP contribution in [-0.4, -0.2) is 42.8 Å². The molecule has 1 aliphatic rings. The lowest BCUT2D eigenvalue weighted by atomic mass is 10.1. The van der Waals surface area contributed by atoms with Gasteiger partial charge in [-0.25, -0.2) is 9.80 Å². The van der Waals surface area contributed by atoms with E-state index >= 15 is 0 Å². The lowest BCUT2D eigenvalue weighted by Crippen LogP contribution is -2.49. The van der Waals surface area contributed by atoms with E-state index < -0.39 is 16.7 Å². The number of hydrazone groups is 1.